The van der Waals surface area contributed by atoms with Crippen LogP contribution in [-0.4, -0.2) is 36.2 Å². The Balaban J connectivity index is 1.96. The fraction of sp³-hybridized carbons (Fsp3) is 0.294. The number of hydrogen-bond acceptors (Lipinski definition) is 5. The van der Waals surface area contributed by atoms with Crippen molar-refractivity contribution in [2.24, 2.45) is 0 Å². The van der Waals surface area contributed by atoms with Gasteiger partial charge in [0.15, 0.2) is 0 Å². The lowest BCUT2D eigenvalue weighted by Gasteiger charge is -2.29. The molecular weight excluding hydrogens is 376 g/mol. The number of ether oxygens (including phenoxy) is 1. The highest BCUT2D eigenvalue weighted by molar-refractivity contribution is 7.92. The Morgan fingerprint density at radius 1 is 1.04 bits per heavy atom. The summed E-state index contributed by atoms with van der Waals surface area (Å²) in [7, 11) is -7.20. The summed E-state index contributed by atoms with van der Waals surface area (Å²) in [4.78, 5) is 0.203. The molecule has 26 heavy (non-hydrogen) atoms. The van der Waals surface area contributed by atoms with Crippen molar-refractivity contribution in [1.82, 2.24) is 0 Å². The second-order valence-electron chi connectivity index (χ2n) is 6.24. The van der Waals surface area contributed by atoms with E-state index in [0.717, 1.165) is 11.8 Å². The predicted molar refractivity (Wildman–Crippen MR) is 101 cm³/mol. The van der Waals surface area contributed by atoms with Crippen LogP contribution in [0.15, 0.2) is 41.3 Å². The molecule has 0 spiro atoms. The molecule has 0 bridgehead atoms. The summed E-state index contributed by atoms with van der Waals surface area (Å²) in [5, 5.41) is 0. The molecule has 0 saturated heterocycles. The Morgan fingerprint density at radius 2 is 1.77 bits per heavy atom. The molecule has 0 amide bonds. The van der Waals surface area contributed by atoms with Crippen molar-refractivity contribution in [3.05, 3.63) is 47.5 Å². The summed E-state index contributed by atoms with van der Waals surface area (Å²) < 4.78 is 58.5. The normalized spacial score (nSPS) is 14.5. The van der Waals surface area contributed by atoms with Crippen LogP contribution >= 0.6 is 0 Å². The largest absolute Gasteiger partial charge is 0.489 e. The second kappa shape index (κ2) is 6.48. The van der Waals surface area contributed by atoms with E-state index in [-0.39, 0.29) is 18.0 Å². The van der Waals surface area contributed by atoms with Crippen molar-refractivity contribution in [2.45, 2.75) is 18.7 Å². The van der Waals surface area contributed by atoms with Crippen molar-refractivity contribution in [3.8, 4) is 5.75 Å². The van der Waals surface area contributed by atoms with Gasteiger partial charge < -0.3 is 4.74 Å². The maximum absolute atomic E-state index is 12.7. The molecule has 1 N–H and O–H groups in total. The Labute approximate surface area is 153 Å². The van der Waals surface area contributed by atoms with Crippen LogP contribution in [0.3, 0.4) is 0 Å². The molecule has 0 aliphatic carbocycles. The molecule has 0 aromatic heterocycles. The summed E-state index contributed by atoms with van der Waals surface area (Å²) in [5.74, 6) is 0.322. The fourth-order valence-electron chi connectivity index (χ4n) is 2.81. The van der Waals surface area contributed by atoms with Gasteiger partial charge in [0.05, 0.1) is 29.1 Å². The van der Waals surface area contributed by atoms with Gasteiger partial charge in [-0.25, -0.2) is 16.8 Å². The fourth-order valence-corrected chi connectivity index (χ4v) is 5.10. The van der Waals surface area contributed by atoms with E-state index in [1.165, 1.54) is 22.5 Å². The molecular formula is C17H20N2O5S2. The minimum absolute atomic E-state index is 0.202. The van der Waals surface area contributed by atoms with E-state index >= 15 is 0 Å². The Kier molecular flexibility index (Phi) is 4.61. The molecule has 0 atom stereocenters. The molecule has 0 fully saturated rings. The monoisotopic (exact) mass is 396 g/mol. The maximum atomic E-state index is 12.7. The quantitative estimate of drug-likeness (QED) is 0.856. The zero-order valence-electron chi connectivity index (χ0n) is 14.7. The molecule has 9 heteroatoms. The van der Waals surface area contributed by atoms with Crippen molar-refractivity contribution in [3.63, 3.8) is 0 Å². The number of sulfonamides is 2. The first-order valence-electron chi connectivity index (χ1n) is 7.92. The number of nitrogens with zero attached hydrogens (tertiary/aromatic N) is 1. The van der Waals surface area contributed by atoms with Crippen molar-refractivity contribution in [1.29, 1.82) is 0 Å². The van der Waals surface area contributed by atoms with Gasteiger partial charge in [-0.05, 0) is 43.2 Å². The third kappa shape index (κ3) is 3.63. The average molecular weight is 396 g/mol. The lowest BCUT2D eigenvalue weighted by molar-refractivity contribution is 0.316. The van der Waals surface area contributed by atoms with Crippen LogP contribution in [0.1, 0.15) is 11.1 Å². The van der Waals surface area contributed by atoms with Gasteiger partial charge in [-0.2, -0.15) is 0 Å². The van der Waals surface area contributed by atoms with Crippen LogP contribution < -0.4 is 13.8 Å². The van der Waals surface area contributed by atoms with Crippen molar-refractivity contribution < 1.29 is 21.6 Å². The van der Waals surface area contributed by atoms with E-state index in [0.29, 0.717) is 22.7 Å². The topological polar surface area (TPSA) is 92.8 Å². The van der Waals surface area contributed by atoms with Crippen LogP contribution in [0.4, 0.5) is 11.4 Å². The molecule has 7 nitrogen and oxygen atoms in total. The number of rotatable bonds is 4. The standard InChI is InChI=1S/C17H20N2O5S2/c1-12-4-5-13(2)17(10-12)26(22,23)18-14-6-7-15-16(11-14)24-9-8-19(15)25(3,20)21/h4-7,10-11,18H,8-9H2,1-3H3. The number of benzene rings is 2. The summed E-state index contributed by atoms with van der Waals surface area (Å²) in [6.07, 6.45) is 1.12. The number of anilines is 2. The maximum Gasteiger partial charge on any atom is 0.262 e. The molecule has 2 aromatic carbocycles. The number of hydrogen-bond donors (Lipinski definition) is 1. The van der Waals surface area contributed by atoms with Crippen LogP contribution in [0, 0.1) is 13.8 Å². The van der Waals surface area contributed by atoms with Gasteiger partial charge in [-0.3, -0.25) is 9.03 Å². The first-order valence-corrected chi connectivity index (χ1v) is 11.3. The molecule has 3 rings (SSSR count). The third-order valence-electron chi connectivity index (χ3n) is 4.07. The Bertz CT molecular complexity index is 1060. The van der Waals surface area contributed by atoms with E-state index < -0.39 is 20.0 Å². The molecule has 1 aliphatic heterocycles. The van der Waals surface area contributed by atoms with Gasteiger partial charge in [0.25, 0.3) is 10.0 Å². The lowest BCUT2D eigenvalue weighted by atomic mass is 10.2. The van der Waals surface area contributed by atoms with Crippen LogP contribution in [0.2, 0.25) is 0 Å². The van der Waals surface area contributed by atoms with Gasteiger partial charge >= 0.3 is 0 Å². The average Bonchev–Trinajstić information content (AvgIpc) is 2.55. The third-order valence-corrected chi connectivity index (χ3v) is 6.77. The lowest BCUT2D eigenvalue weighted by Crippen LogP contribution is -2.37. The van der Waals surface area contributed by atoms with Gasteiger partial charge in [0.1, 0.15) is 12.4 Å². The molecule has 0 saturated carbocycles. The zero-order chi connectivity index (χ0) is 19.1. The highest BCUT2D eigenvalue weighted by atomic mass is 32.2. The van der Waals surface area contributed by atoms with Gasteiger partial charge in [0.2, 0.25) is 10.0 Å². The summed E-state index contributed by atoms with van der Waals surface area (Å²) in [6.45, 7) is 3.98. The van der Waals surface area contributed by atoms with Gasteiger partial charge in [-0.15, -0.1) is 0 Å². The first-order chi connectivity index (χ1) is 12.1. The Morgan fingerprint density at radius 3 is 2.46 bits per heavy atom. The number of nitrogens with one attached hydrogen (secondary N) is 1. The molecule has 1 aliphatic rings. The minimum atomic E-state index is -3.77. The molecule has 0 unspecified atom stereocenters. The minimum Gasteiger partial charge on any atom is -0.489 e. The first kappa shape index (κ1) is 18.5. The van der Waals surface area contributed by atoms with Crippen LogP contribution in [0.25, 0.3) is 0 Å². The SMILES string of the molecule is Cc1ccc(C)c(S(=O)(=O)Nc2ccc3c(c2)OCCN3S(C)(=O)=O)c1. The predicted octanol–water partition coefficient (Wildman–Crippen LogP) is 2.26. The summed E-state index contributed by atoms with van der Waals surface area (Å²) in [5.41, 5.74) is 2.18. The highest BCUT2D eigenvalue weighted by Gasteiger charge is 2.26. The van der Waals surface area contributed by atoms with Gasteiger partial charge in [0, 0.05) is 6.07 Å². The van der Waals surface area contributed by atoms with Crippen molar-refractivity contribution >= 4 is 31.4 Å². The summed E-state index contributed by atoms with van der Waals surface area (Å²) in [6, 6.07) is 9.77. The van der Waals surface area contributed by atoms with Crippen LogP contribution in [-0.2, 0) is 20.0 Å². The van der Waals surface area contributed by atoms with E-state index in [9.17, 15) is 16.8 Å². The highest BCUT2D eigenvalue weighted by Crippen LogP contribution is 2.36. The number of fused-ring (bicyclic) bond motifs is 1. The van der Waals surface area contributed by atoms with Gasteiger partial charge in [-0.1, -0.05) is 12.1 Å². The number of aryl methyl sites for hydroxylation is 2. The summed E-state index contributed by atoms with van der Waals surface area (Å²) >= 11 is 0. The zero-order valence-corrected chi connectivity index (χ0v) is 16.3. The van der Waals surface area contributed by atoms with E-state index in [1.54, 1.807) is 19.1 Å². The smallest absolute Gasteiger partial charge is 0.262 e. The second-order valence-corrected chi connectivity index (χ2v) is 9.80. The van der Waals surface area contributed by atoms with E-state index in [2.05, 4.69) is 4.72 Å². The molecule has 2 aromatic rings. The molecule has 140 valence electrons. The van der Waals surface area contributed by atoms with E-state index in [4.69, 9.17) is 4.74 Å². The van der Waals surface area contributed by atoms with Crippen molar-refractivity contribution in [2.75, 3.05) is 28.4 Å². The molecule has 1 heterocycles. The Hall–Kier alpha value is -2.26. The van der Waals surface area contributed by atoms with E-state index in [1.807, 2.05) is 13.0 Å². The van der Waals surface area contributed by atoms with Crippen LogP contribution in [0.5, 0.6) is 5.75 Å². The molecule has 0 radical (unpaired) electrons.